The van der Waals surface area contributed by atoms with E-state index < -0.39 is 0 Å². The van der Waals surface area contributed by atoms with Gasteiger partial charge >= 0.3 is 0 Å². The summed E-state index contributed by atoms with van der Waals surface area (Å²) in [6, 6.07) is 8.34. The van der Waals surface area contributed by atoms with E-state index >= 15 is 0 Å². The van der Waals surface area contributed by atoms with E-state index in [4.69, 9.17) is 9.47 Å². The lowest BCUT2D eigenvalue weighted by Crippen LogP contribution is -1.99. The van der Waals surface area contributed by atoms with Crippen LogP contribution < -0.4 is 4.74 Å². The van der Waals surface area contributed by atoms with Crippen LogP contribution in [0.1, 0.15) is 0 Å². The van der Waals surface area contributed by atoms with Gasteiger partial charge in [0.05, 0.1) is 0 Å². The highest BCUT2D eigenvalue weighted by Crippen LogP contribution is 2.33. The summed E-state index contributed by atoms with van der Waals surface area (Å²) in [6.45, 7) is 0.141. The molecule has 0 aliphatic rings. The third kappa shape index (κ3) is 2.03. The van der Waals surface area contributed by atoms with E-state index in [1.807, 2.05) is 0 Å². The van der Waals surface area contributed by atoms with Crippen LogP contribution in [0, 0.1) is 5.82 Å². The molecule has 2 aromatic rings. The molecule has 0 bridgehead atoms. The number of hydrogen-bond donors (Lipinski definition) is 0. The van der Waals surface area contributed by atoms with Crippen LogP contribution in [0.25, 0.3) is 10.8 Å². The van der Waals surface area contributed by atoms with Crippen LogP contribution in [0.2, 0.25) is 0 Å². The molecule has 0 fully saturated rings. The number of benzene rings is 2. The topological polar surface area (TPSA) is 18.5 Å². The summed E-state index contributed by atoms with van der Waals surface area (Å²) in [7, 11) is 1.54. The maximum Gasteiger partial charge on any atom is 0.188 e. The van der Waals surface area contributed by atoms with Crippen molar-refractivity contribution in [2.75, 3.05) is 13.9 Å². The van der Waals surface area contributed by atoms with Gasteiger partial charge in [-0.3, -0.25) is 0 Å². The minimum absolute atomic E-state index is 0.141. The molecule has 0 saturated heterocycles. The molecule has 0 unspecified atom stereocenters. The Balaban J connectivity index is 2.61. The van der Waals surface area contributed by atoms with Gasteiger partial charge in [-0.05, 0) is 18.2 Å². The van der Waals surface area contributed by atoms with Gasteiger partial charge in [-0.1, -0.05) is 28.1 Å². The maximum absolute atomic E-state index is 13.6. The Hall–Kier alpha value is -1.13. The molecule has 0 amide bonds. The van der Waals surface area contributed by atoms with Crippen molar-refractivity contribution < 1.29 is 13.9 Å². The van der Waals surface area contributed by atoms with Gasteiger partial charge in [0.1, 0.15) is 11.6 Å². The second-order valence-electron chi connectivity index (χ2n) is 3.26. The molecule has 2 rings (SSSR count). The molecule has 2 nitrogen and oxygen atoms in total. The molecule has 0 aliphatic carbocycles. The first-order valence-corrected chi connectivity index (χ1v) is 5.52. The van der Waals surface area contributed by atoms with E-state index in [1.54, 1.807) is 31.4 Å². The lowest BCUT2D eigenvalue weighted by molar-refractivity contribution is 0.0522. The molecule has 2 aromatic carbocycles. The lowest BCUT2D eigenvalue weighted by Gasteiger charge is -2.10. The van der Waals surface area contributed by atoms with Gasteiger partial charge in [-0.15, -0.1) is 0 Å². The fourth-order valence-electron chi connectivity index (χ4n) is 1.54. The molecule has 0 N–H and O–H groups in total. The lowest BCUT2D eigenvalue weighted by atomic mass is 10.1. The van der Waals surface area contributed by atoms with Gasteiger partial charge in [0.15, 0.2) is 6.79 Å². The number of rotatable bonds is 3. The minimum atomic E-state index is -0.263. The fourth-order valence-corrected chi connectivity index (χ4v) is 2.08. The molecule has 0 atom stereocenters. The van der Waals surface area contributed by atoms with E-state index in [1.165, 1.54) is 6.07 Å². The summed E-state index contributed by atoms with van der Waals surface area (Å²) in [4.78, 5) is 0. The predicted molar refractivity (Wildman–Crippen MR) is 64.1 cm³/mol. The zero-order valence-electron chi connectivity index (χ0n) is 8.67. The monoisotopic (exact) mass is 284 g/mol. The van der Waals surface area contributed by atoms with Crippen molar-refractivity contribution in [2.45, 2.75) is 0 Å². The van der Waals surface area contributed by atoms with E-state index in [-0.39, 0.29) is 12.6 Å². The summed E-state index contributed by atoms with van der Waals surface area (Å²) < 4.78 is 24.6. The Bertz CT molecular complexity index is 514. The van der Waals surface area contributed by atoms with Gasteiger partial charge in [0.25, 0.3) is 0 Å². The third-order valence-corrected chi connectivity index (χ3v) is 2.89. The van der Waals surface area contributed by atoms with E-state index in [0.717, 1.165) is 9.86 Å². The largest absolute Gasteiger partial charge is 0.467 e. The molecule has 4 heteroatoms. The Kier molecular flexibility index (Phi) is 3.41. The zero-order valence-corrected chi connectivity index (χ0v) is 10.3. The first-order chi connectivity index (χ1) is 7.74. The molecule has 0 aliphatic heterocycles. The first-order valence-electron chi connectivity index (χ1n) is 4.72. The first kappa shape index (κ1) is 11.4. The summed E-state index contributed by atoms with van der Waals surface area (Å²) >= 11 is 3.39. The maximum atomic E-state index is 13.6. The van der Waals surface area contributed by atoms with Crippen molar-refractivity contribution in [3.05, 3.63) is 40.6 Å². The standard InChI is InChI=1S/C12H10BrFO2/c1-15-7-16-11-4-2-3-8-10(14)6-5-9(13)12(8)11/h2-6H,7H2,1H3. The average Bonchev–Trinajstić information content (AvgIpc) is 2.31. The Labute approximate surface area is 101 Å². The zero-order chi connectivity index (χ0) is 11.5. The third-order valence-electron chi connectivity index (χ3n) is 2.23. The van der Waals surface area contributed by atoms with Gasteiger partial charge in [0.2, 0.25) is 0 Å². The number of halogens is 2. The van der Waals surface area contributed by atoms with Crippen molar-refractivity contribution in [2.24, 2.45) is 0 Å². The Morgan fingerprint density at radius 3 is 2.81 bits per heavy atom. The van der Waals surface area contributed by atoms with Crippen molar-refractivity contribution in [1.82, 2.24) is 0 Å². The van der Waals surface area contributed by atoms with Crippen LogP contribution in [0.15, 0.2) is 34.8 Å². The highest BCUT2D eigenvalue weighted by Gasteiger charge is 2.09. The average molecular weight is 285 g/mol. The van der Waals surface area contributed by atoms with Crippen LogP contribution in [-0.2, 0) is 4.74 Å². The van der Waals surface area contributed by atoms with E-state index in [9.17, 15) is 4.39 Å². The Morgan fingerprint density at radius 1 is 1.25 bits per heavy atom. The van der Waals surface area contributed by atoms with E-state index in [0.29, 0.717) is 11.1 Å². The van der Waals surface area contributed by atoms with Crippen LogP contribution in [0.3, 0.4) is 0 Å². The summed E-state index contributed by atoms with van der Waals surface area (Å²) in [6.07, 6.45) is 0. The summed E-state index contributed by atoms with van der Waals surface area (Å²) in [5, 5.41) is 1.25. The minimum Gasteiger partial charge on any atom is -0.467 e. The van der Waals surface area contributed by atoms with Gasteiger partial charge in [0, 0.05) is 22.4 Å². The predicted octanol–water partition coefficient (Wildman–Crippen LogP) is 3.72. The Morgan fingerprint density at radius 2 is 2.06 bits per heavy atom. The van der Waals surface area contributed by atoms with Crippen molar-refractivity contribution in [3.63, 3.8) is 0 Å². The number of methoxy groups -OCH3 is 1. The van der Waals surface area contributed by atoms with Crippen molar-refractivity contribution >= 4 is 26.7 Å². The number of hydrogen-bond acceptors (Lipinski definition) is 2. The van der Waals surface area contributed by atoms with Gasteiger partial charge in [-0.2, -0.15) is 0 Å². The van der Waals surface area contributed by atoms with Crippen LogP contribution >= 0.6 is 15.9 Å². The number of fused-ring (bicyclic) bond motifs is 1. The molecule has 0 spiro atoms. The van der Waals surface area contributed by atoms with Crippen molar-refractivity contribution in [3.8, 4) is 5.75 Å². The molecule has 84 valence electrons. The second kappa shape index (κ2) is 4.80. The van der Waals surface area contributed by atoms with Crippen LogP contribution in [0.5, 0.6) is 5.75 Å². The SMILES string of the molecule is COCOc1cccc2c(F)ccc(Br)c12. The highest BCUT2D eigenvalue weighted by molar-refractivity contribution is 9.10. The van der Waals surface area contributed by atoms with Crippen LogP contribution in [0.4, 0.5) is 4.39 Å². The quantitative estimate of drug-likeness (QED) is 0.800. The fraction of sp³-hybridized carbons (Fsp3) is 0.167. The number of ether oxygens (including phenoxy) is 2. The normalized spacial score (nSPS) is 10.7. The highest BCUT2D eigenvalue weighted by atomic mass is 79.9. The second-order valence-corrected chi connectivity index (χ2v) is 4.11. The van der Waals surface area contributed by atoms with Gasteiger partial charge < -0.3 is 9.47 Å². The molecular formula is C12H10BrFO2. The van der Waals surface area contributed by atoms with Crippen molar-refractivity contribution in [1.29, 1.82) is 0 Å². The molecule has 16 heavy (non-hydrogen) atoms. The van der Waals surface area contributed by atoms with Gasteiger partial charge in [-0.25, -0.2) is 4.39 Å². The summed E-state index contributed by atoms with van der Waals surface area (Å²) in [5.41, 5.74) is 0. The summed E-state index contributed by atoms with van der Waals surface area (Å²) in [5.74, 6) is 0.340. The molecular weight excluding hydrogens is 275 g/mol. The molecule has 0 saturated carbocycles. The smallest absolute Gasteiger partial charge is 0.188 e. The molecule has 0 heterocycles. The van der Waals surface area contributed by atoms with E-state index in [2.05, 4.69) is 15.9 Å². The molecule has 0 aromatic heterocycles. The van der Waals surface area contributed by atoms with Crippen LogP contribution in [-0.4, -0.2) is 13.9 Å². The molecule has 0 radical (unpaired) electrons.